The molecule has 25 heavy (non-hydrogen) atoms. The number of aromatic nitrogens is 4. The summed E-state index contributed by atoms with van der Waals surface area (Å²) >= 11 is 1.43. The molecular formula is C18H23N5OS. The quantitative estimate of drug-likeness (QED) is 0.609. The van der Waals surface area contributed by atoms with Crippen LogP contribution >= 0.6 is 11.8 Å². The summed E-state index contributed by atoms with van der Waals surface area (Å²) in [4.78, 5) is 16.5. The first kappa shape index (κ1) is 17.7. The van der Waals surface area contributed by atoms with E-state index in [2.05, 4.69) is 27.1 Å². The fourth-order valence-corrected chi connectivity index (χ4v) is 3.85. The van der Waals surface area contributed by atoms with Crippen LogP contribution in [0.2, 0.25) is 0 Å². The molecule has 1 unspecified atom stereocenters. The molecule has 0 bridgehead atoms. The van der Waals surface area contributed by atoms with Crippen LogP contribution in [0.1, 0.15) is 32.6 Å². The van der Waals surface area contributed by atoms with E-state index < -0.39 is 0 Å². The Labute approximate surface area is 152 Å². The van der Waals surface area contributed by atoms with Gasteiger partial charge in [-0.1, -0.05) is 30.7 Å². The lowest BCUT2D eigenvalue weighted by Gasteiger charge is -2.16. The molecule has 2 heterocycles. The molecule has 2 aromatic heterocycles. The van der Waals surface area contributed by atoms with E-state index >= 15 is 0 Å². The molecule has 7 heteroatoms. The smallest absolute Gasteiger partial charge is 0.233 e. The first-order chi connectivity index (χ1) is 12.2. The van der Waals surface area contributed by atoms with Gasteiger partial charge in [0.2, 0.25) is 5.91 Å². The number of hydrogen-bond acceptors (Lipinski definition) is 5. The first-order valence-corrected chi connectivity index (χ1v) is 9.48. The molecule has 6 nitrogen and oxygen atoms in total. The Kier molecular flexibility index (Phi) is 5.86. The summed E-state index contributed by atoms with van der Waals surface area (Å²) in [5.41, 5.74) is 0.944. The number of nitrogens with one attached hydrogen (secondary N) is 1. The number of allylic oxidation sites excluding steroid dienone is 1. The summed E-state index contributed by atoms with van der Waals surface area (Å²) in [7, 11) is 0. The first-order valence-electron chi connectivity index (χ1n) is 8.60. The zero-order valence-corrected chi connectivity index (χ0v) is 15.2. The van der Waals surface area contributed by atoms with Crippen molar-refractivity contribution in [2.45, 2.75) is 55.6 Å². The Hall–Kier alpha value is -2.15. The lowest BCUT2D eigenvalue weighted by molar-refractivity contribution is -0.120. The van der Waals surface area contributed by atoms with Gasteiger partial charge in [-0.05, 0) is 31.9 Å². The van der Waals surface area contributed by atoms with Crippen LogP contribution in [0.15, 0.2) is 42.3 Å². The van der Waals surface area contributed by atoms with E-state index in [9.17, 15) is 4.79 Å². The fraction of sp³-hybridized carbons (Fsp3) is 0.444. The summed E-state index contributed by atoms with van der Waals surface area (Å²) < 4.78 is 1.98. The maximum atomic E-state index is 12.4. The number of carbonyl (C=O) groups excluding carboxylic acids is 1. The van der Waals surface area contributed by atoms with Crippen LogP contribution in [0.25, 0.3) is 11.4 Å². The third-order valence-corrected chi connectivity index (χ3v) is 5.40. The second kappa shape index (κ2) is 8.29. The van der Waals surface area contributed by atoms with Gasteiger partial charge in [-0.25, -0.2) is 0 Å². The maximum Gasteiger partial charge on any atom is 0.233 e. The predicted octanol–water partition coefficient (Wildman–Crippen LogP) is 3.07. The van der Waals surface area contributed by atoms with Crippen LogP contribution in [-0.4, -0.2) is 36.9 Å². The van der Waals surface area contributed by atoms with Crippen LogP contribution < -0.4 is 5.32 Å². The van der Waals surface area contributed by atoms with Gasteiger partial charge in [-0.15, -0.1) is 16.8 Å². The molecule has 1 saturated carbocycles. The molecule has 0 spiro atoms. The molecule has 1 atom stereocenters. The van der Waals surface area contributed by atoms with Crippen LogP contribution in [0.3, 0.4) is 0 Å². The zero-order chi connectivity index (χ0) is 17.6. The van der Waals surface area contributed by atoms with E-state index in [1.54, 1.807) is 18.5 Å². The Balaban J connectivity index is 1.74. The van der Waals surface area contributed by atoms with Gasteiger partial charge in [0.25, 0.3) is 0 Å². The summed E-state index contributed by atoms with van der Waals surface area (Å²) in [5.74, 6) is 0.823. The average molecular weight is 357 g/mol. The number of thioether (sulfide) groups is 1. The highest BCUT2D eigenvalue weighted by Gasteiger charge is 2.23. The van der Waals surface area contributed by atoms with Crippen molar-refractivity contribution < 1.29 is 4.79 Å². The van der Waals surface area contributed by atoms with Crippen molar-refractivity contribution >= 4 is 17.7 Å². The van der Waals surface area contributed by atoms with Crippen molar-refractivity contribution in [2.75, 3.05) is 0 Å². The lowest BCUT2D eigenvalue weighted by atomic mass is 10.2. The van der Waals surface area contributed by atoms with Crippen molar-refractivity contribution in [3.8, 4) is 11.4 Å². The number of pyridine rings is 1. The van der Waals surface area contributed by atoms with E-state index in [-0.39, 0.29) is 11.2 Å². The van der Waals surface area contributed by atoms with Gasteiger partial charge in [0.05, 0.1) is 5.25 Å². The molecule has 0 saturated heterocycles. The van der Waals surface area contributed by atoms with E-state index in [0.29, 0.717) is 12.6 Å². The zero-order valence-electron chi connectivity index (χ0n) is 14.4. The monoisotopic (exact) mass is 357 g/mol. The van der Waals surface area contributed by atoms with E-state index in [4.69, 9.17) is 0 Å². The highest BCUT2D eigenvalue weighted by atomic mass is 32.2. The molecule has 1 aliphatic carbocycles. The molecule has 2 aromatic rings. The SMILES string of the molecule is C=CCn1c(SC(C)C(=O)NC2CCCC2)nnc1-c1ccncc1. The minimum Gasteiger partial charge on any atom is -0.352 e. The highest BCUT2D eigenvalue weighted by Crippen LogP contribution is 2.27. The number of carbonyl (C=O) groups is 1. The van der Waals surface area contributed by atoms with Gasteiger partial charge < -0.3 is 5.32 Å². The van der Waals surface area contributed by atoms with Crippen LogP contribution in [0.4, 0.5) is 0 Å². The minimum absolute atomic E-state index is 0.0653. The second-order valence-electron chi connectivity index (χ2n) is 6.19. The van der Waals surface area contributed by atoms with E-state index in [1.165, 1.54) is 24.6 Å². The number of rotatable bonds is 7. The number of amides is 1. The predicted molar refractivity (Wildman–Crippen MR) is 99.2 cm³/mol. The van der Waals surface area contributed by atoms with Gasteiger partial charge in [0.1, 0.15) is 0 Å². The molecule has 1 N–H and O–H groups in total. The Morgan fingerprint density at radius 1 is 1.40 bits per heavy atom. The summed E-state index contributed by atoms with van der Waals surface area (Å²) in [6, 6.07) is 4.12. The molecule has 0 aromatic carbocycles. The van der Waals surface area contributed by atoms with Gasteiger partial charge in [-0.2, -0.15) is 0 Å². The Morgan fingerprint density at radius 2 is 2.12 bits per heavy atom. The van der Waals surface area contributed by atoms with Crippen molar-refractivity contribution in [3.05, 3.63) is 37.2 Å². The van der Waals surface area contributed by atoms with Crippen molar-refractivity contribution in [1.29, 1.82) is 0 Å². The van der Waals surface area contributed by atoms with Gasteiger partial charge in [-0.3, -0.25) is 14.3 Å². The molecule has 1 fully saturated rings. The largest absolute Gasteiger partial charge is 0.352 e. The summed E-state index contributed by atoms with van der Waals surface area (Å²) in [6.45, 7) is 6.31. The highest BCUT2D eigenvalue weighted by molar-refractivity contribution is 8.00. The standard InChI is InChI=1S/C18H23N5OS/c1-3-12-23-16(14-8-10-19-11-9-14)21-22-18(23)25-13(2)17(24)20-15-6-4-5-7-15/h3,8-11,13,15H,1,4-7,12H2,2H3,(H,20,24). The molecule has 0 aliphatic heterocycles. The van der Waals surface area contributed by atoms with Crippen LogP contribution in [0, 0.1) is 0 Å². The number of hydrogen-bond donors (Lipinski definition) is 1. The molecule has 132 valence electrons. The van der Waals surface area contributed by atoms with Gasteiger partial charge in [0.15, 0.2) is 11.0 Å². The molecule has 1 aliphatic rings. The average Bonchev–Trinajstić information content (AvgIpc) is 3.26. The lowest BCUT2D eigenvalue weighted by Crippen LogP contribution is -2.37. The Bertz CT molecular complexity index is 724. The summed E-state index contributed by atoms with van der Waals surface area (Å²) in [5, 5.41) is 12.2. The van der Waals surface area contributed by atoms with Crippen LogP contribution in [-0.2, 0) is 11.3 Å². The van der Waals surface area contributed by atoms with Crippen LogP contribution in [0.5, 0.6) is 0 Å². The molecule has 0 radical (unpaired) electrons. The second-order valence-corrected chi connectivity index (χ2v) is 7.50. The van der Waals surface area contributed by atoms with Gasteiger partial charge >= 0.3 is 0 Å². The topological polar surface area (TPSA) is 72.7 Å². The van der Waals surface area contributed by atoms with Crippen molar-refractivity contribution in [1.82, 2.24) is 25.1 Å². The maximum absolute atomic E-state index is 12.4. The van der Waals surface area contributed by atoms with Gasteiger partial charge in [0, 0.05) is 30.5 Å². The van der Waals surface area contributed by atoms with E-state index in [0.717, 1.165) is 29.4 Å². The number of nitrogens with zero attached hydrogens (tertiary/aromatic N) is 4. The Morgan fingerprint density at radius 3 is 2.80 bits per heavy atom. The summed E-state index contributed by atoms with van der Waals surface area (Å²) in [6.07, 6.45) is 9.84. The molecular weight excluding hydrogens is 334 g/mol. The third-order valence-electron chi connectivity index (χ3n) is 4.32. The third kappa shape index (κ3) is 4.28. The molecule has 3 rings (SSSR count). The normalized spacial score (nSPS) is 15.9. The molecule has 1 amide bonds. The van der Waals surface area contributed by atoms with Crippen molar-refractivity contribution in [2.24, 2.45) is 0 Å². The minimum atomic E-state index is -0.223. The van der Waals surface area contributed by atoms with Crippen molar-refractivity contribution in [3.63, 3.8) is 0 Å². The van der Waals surface area contributed by atoms with E-state index in [1.807, 2.05) is 23.6 Å². The fourth-order valence-electron chi connectivity index (χ4n) is 2.98.